The smallest absolute Gasteiger partial charge is 0.258 e. The quantitative estimate of drug-likeness (QED) is 0.501. The van der Waals surface area contributed by atoms with Crippen molar-refractivity contribution in [3.05, 3.63) is 75.8 Å². The summed E-state index contributed by atoms with van der Waals surface area (Å²) in [5, 5.41) is 46.3. The van der Waals surface area contributed by atoms with Gasteiger partial charge in [-0.15, -0.1) is 0 Å². The van der Waals surface area contributed by atoms with E-state index in [-0.39, 0.29) is 24.0 Å². The third-order valence-corrected chi connectivity index (χ3v) is 4.17. The molecule has 12 heteroatoms. The van der Waals surface area contributed by atoms with Gasteiger partial charge in [-0.1, -0.05) is 13.8 Å². The molecule has 0 spiro atoms. The second-order valence-electron chi connectivity index (χ2n) is 5.75. The lowest BCUT2D eigenvalue weighted by molar-refractivity contribution is -0.397. The summed E-state index contributed by atoms with van der Waals surface area (Å²) in [5.41, 5.74) is -4.23. The van der Waals surface area contributed by atoms with Crippen LogP contribution in [0.1, 0.15) is 25.0 Å². The summed E-state index contributed by atoms with van der Waals surface area (Å²) in [6, 6.07) is 4.13. The second-order valence-corrected chi connectivity index (χ2v) is 5.75. The Morgan fingerprint density at radius 1 is 0.571 bits per heavy atom. The minimum absolute atomic E-state index is 0.223. The van der Waals surface area contributed by atoms with Gasteiger partial charge in [0.15, 0.2) is 11.1 Å². The van der Waals surface area contributed by atoms with E-state index < -0.39 is 53.6 Å². The first-order valence-corrected chi connectivity index (χ1v) is 8.04. The van der Waals surface area contributed by atoms with Gasteiger partial charge in [-0.25, -0.2) is 0 Å². The Balaban J connectivity index is 3.14. The van der Waals surface area contributed by atoms with E-state index >= 15 is 0 Å². The Morgan fingerprint density at radius 2 is 0.786 bits per heavy atom. The molecule has 12 nitrogen and oxygen atoms in total. The highest BCUT2D eigenvalue weighted by atomic mass is 16.6. The fourth-order valence-electron chi connectivity index (χ4n) is 2.83. The molecule has 146 valence electrons. The molecule has 2 rings (SSSR count). The van der Waals surface area contributed by atoms with Gasteiger partial charge in [-0.05, 0) is 24.0 Å². The van der Waals surface area contributed by atoms with Crippen molar-refractivity contribution in [3.63, 3.8) is 0 Å². The fourth-order valence-corrected chi connectivity index (χ4v) is 2.83. The lowest BCUT2D eigenvalue weighted by Gasteiger charge is -2.09. The zero-order valence-electron chi connectivity index (χ0n) is 14.8. The SMILES string of the molecule is CCc1cc([N+](=O)[O-])c(-c2c([N+](=O)[O-])cc(CC)cc2[N+](=O)[O-])c([N+](=O)[O-])c1. The highest BCUT2D eigenvalue weighted by molar-refractivity contribution is 5.93. The molecule has 28 heavy (non-hydrogen) atoms. The van der Waals surface area contributed by atoms with Crippen LogP contribution in [0.3, 0.4) is 0 Å². The van der Waals surface area contributed by atoms with Gasteiger partial charge in [0.2, 0.25) is 0 Å². The first kappa shape index (κ1) is 20.4. The molecule has 0 bridgehead atoms. The summed E-state index contributed by atoms with van der Waals surface area (Å²) in [7, 11) is 0. The first-order chi connectivity index (χ1) is 13.1. The third kappa shape index (κ3) is 3.60. The molecule has 0 heterocycles. The highest BCUT2D eigenvalue weighted by Gasteiger charge is 2.38. The average molecular weight is 390 g/mol. The number of benzene rings is 2. The van der Waals surface area contributed by atoms with Crippen molar-refractivity contribution in [2.75, 3.05) is 0 Å². The number of aryl methyl sites for hydroxylation is 2. The Bertz CT molecular complexity index is 866. The minimum atomic E-state index is -0.942. The van der Waals surface area contributed by atoms with Crippen LogP contribution in [-0.2, 0) is 12.8 Å². The normalized spacial score (nSPS) is 10.5. The largest absolute Gasteiger partial charge is 0.284 e. The number of nitrogens with zero attached hydrogens (tertiary/aromatic N) is 4. The summed E-state index contributed by atoms with van der Waals surface area (Å²) in [6.07, 6.45) is 0.446. The van der Waals surface area contributed by atoms with E-state index in [4.69, 9.17) is 0 Å². The van der Waals surface area contributed by atoms with Crippen molar-refractivity contribution in [2.24, 2.45) is 0 Å². The summed E-state index contributed by atoms with van der Waals surface area (Å²) >= 11 is 0. The molecule has 0 amide bonds. The molecule has 0 unspecified atom stereocenters. The van der Waals surface area contributed by atoms with E-state index in [0.717, 1.165) is 24.3 Å². The van der Waals surface area contributed by atoms with Crippen LogP contribution in [0.2, 0.25) is 0 Å². The van der Waals surface area contributed by atoms with E-state index in [1.54, 1.807) is 13.8 Å². The summed E-state index contributed by atoms with van der Waals surface area (Å²) in [6.45, 7) is 3.23. The molecular formula is C16H14N4O8. The molecule has 2 aromatic rings. The number of nitro benzene ring substituents is 4. The maximum atomic E-state index is 11.6. The predicted octanol–water partition coefficient (Wildman–Crippen LogP) is 4.11. The summed E-state index contributed by atoms with van der Waals surface area (Å²) in [4.78, 5) is 42.5. The Kier molecular flexibility index (Phi) is 5.62. The molecule has 2 aromatic carbocycles. The van der Waals surface area contributed by atoms with Crippen LogP contribution in [0.5, 0.6) is 0 Å². The van der Waals surface area contributed by atoms with Crippen molar-refractivity contribution in [1.29, 1.82) is 0 Å². The molecular weight excluding hydrogens is 376 g/mol. The van der Waals surface area contributed by atoms with Crippen LogP contribution in [0.25, 0.3) is 11.1 Å². The molecule has 0 aromatic heterocycles. The van der Waals surface area contributed by atoms with E-state index in [0.29, 0.717) is 0 Å². The van der Waals surface area contributed by atoms with E-state index in [1.807, 2.05) is 0 Å². The van der Waals surface area contributed by atoms with Gasteiger partial charge in [0.05, 0.1) is 19.7 Å². The first-order valence-electron chi connectivity index (χ1n) is 8.04. The lowest BCUT2D eigenvalue weighted by Crippen LogP contribution is -2.05. The molecule has 0 aliphatic carbocycles. The van der Waals surface area contributed by atoms with Crippen molar-refractivity contribution in [2.45, 2.75) is 26.7 Å². The van der Waals surface area contributed by atoms with E-state index in [9.17, 15) is 40.5 Å². The number of nitro groups is 4. The molecule has 0 N–H and O–H groups in total. The number of rotatable bonds is 7. The van der Waals surface area contributed by atoms with Crippen LogP contribution in [-0.4, -0.2) is 19.7 Å². The molecule has 0 fully saturated rings. The molecule has 0 saturated carbocycles. The van der Waals surface area contributed by atoms with Crippen LogP contribution >= 0.6 is 0 Å². The maximum Gasteiger partial charge on any atom is 0.284 e. The lowest BCUT2D eigenvalue weighted by atomic mass is 9.94. The van der Waals surface area contributed by atoms with Gasteiger partial charge in [-0.2, -0.15) is 0 Å². The molecule has 0 radical (unpaired) electrons. The van der Waals surface area contributed by atoms with Crippen molar-refractivity contribution in [3.8, 4) is 11.1 Å². The van der Waals surface area contributed by atoms with Crippen molar-refractivity contribution < 1.29 is 19.7 Å². The topological polar surface area (TPSA) is 173 Å². The number of hydrogen-bond acceptors (Lipinski definition) is 8. The van der Waals surface area contributed by atoms with Gasteiger partial charge in [0.1, 0.15) is 0 Å². The van der Waals surface area contributed by atoms with Crippen LogP contribution in [0.15, 0.2) is 24.3 Å². The van der Waals surface area contributed by atoms with Gasteiger partial charge in [0.25, 0.3) is 22.7 Å². The average Bonchev–Trinajstić information content (AvgIpc) is 2.65. The predicted molar refractivity (Wildman–Crippen MR) is 97.3 cm³/mol. The molecule has 0 aliphatic rings. The maximum absolute atomic E-state index is 11.6. The standard InChI is InChI=1S/C16H14N4O8/c1-3-9-5-11(17(21)22)15(12(6-9)18(23)24)16-13(19(25)26)7-10(4-2)8-14(16)20(27)28/h5-8H,3-4H2,1-2H3. The molecule has 0 atom stereocenters. The van der Waals surface area contributed by atoms with Gasteiger partial charge >= 0.3 is 0 Å². The Hall–Kier alpha value is -3.96. The summed E-state index contributed by atoms with van der Waals surface area (Å²) in [5.74, 6) is 0. The summed E-state index contributed by atoms with van der Waals surface area (Å²) < 4.78 is 0. The minimum Gasteiger partial charge on any atom is -0.258 e. The van der Waals surface area contributed by atoms with Gasteiger partial charge < -0.3 is 0 Å². The zero-order valence-corrected chi connectivity index (χ0v) is 14.8. The van der Waals surface area contributed by atoms with Crippen LogP contribution in [0, 0.1) is 40.5 Å². The second kappa shape index (κ2) is 7.73. The monoisotopic (exact) mass is 390 g/mol. The molecule has 0 saturated heterocycles. The Morgan fingerprint density at radius 3 is 0.929 bits per heavy atom. The van der Waals surface area contributed by atoms with Gasteiger partial charge in [-0.3, -0.25) is 40.5 Å². The third-order valence-electron chi connectivity index (χ3n) is 4.17. The molecule has 0 aliphatic heterocycles. The van der Waals surface area contributed by atoms with Crippen molar-refractivity contribution in [1.82, 2.24) is 0 Å². The van der Waals surface area contributed by atoms with Crippen LogP contribution < -0.4 is 0 Å². The zero-order chi connectivity index (χ0) is 21.2. The van der Waals surface area contributed by atoms with E-state index in [2.05, 4.69) is 0 Å². The highest BCUT2D eigenvalue weighted by Crippen LogP contribution is 2.48. The van der Waals surface area contributed by atoms with E-state index in [1.165, 1.54) is 0 Å². The Labute approximate surface area is 157 Å². The van der Waals surface area contributed by atoms with Crippen molar-refractivity contribution >= 4 is 22.7 Å². The van der Waals surface area contributed by atoms with Gasteiger partial charge in [0, 0.05) is 24.3 Å². The van der Waals surface area contributed by atoms with Crippen LogP contribution in [0.4, 0.5) is 22.7 Å². The fraction of sp³-hybridized carbons (Fsp3) is 0.250. The number of hydrogen-bond donors (Lipinski definition) is 0.